The second-order valence-electron chi connectivity index (χ2n) is 5.86. The number of benzene rings is 1. The average Bonchev–Trinajstić information content (AvgIpc) is 3.36. The van der Waals surface area contributed by atoms with Gasteiger partial charge in [-0.15, -0.1) is 5.10 Å². The summed E-state index contributed by atoms with van der Waals surface area (Å²) in [5, 5.41) is 18.4. The summed E-state index contributed by atoms with van der Waals surface area (Å²) in [5.41, 5.74) is 1.28. The molecule has 24 heavy (non-hydrogen) atoms. The maximum atomic E-state index is 12.6. The first kappa shape index (κ1) is 14.6. The highest BCUT2D eigenvalue weighted by Gasteiger charge is 2.20. The van der Waals surface area contributed by atoms with Crippen molar-refractivity contribution in [2.24, 2.45) is 0 Å². The topological polar surface area (TPSA) is 90.5 Å². The van der Waals surface area contributed by atoms with Gasteiger partial charge in [-0.25, -0.2) is 9.36 Å². The van der Waals surface area contributed by atoms with Crippen molar-refractivity contribution in [3.63, 3.8) is 0 Å². The van der Waals surface area contributed by atoms with Gasteiger partial charge in [0.25, 0.3) is 5.91 Å². The van der Waals surface area contributed by atoms with E-state index in [1.807, 2.05) is 16.8 Å². The fraction of sp³-hybridized carbons (Fsp3) is 0.312. The number of hydrogen-bond acceptors (Lipinski definition) is 5. The summed E-state index contributed by atoms with van der Waals surface area (Å²) in [6.07, 6.45) is 7.87. The summed E-state index contributed by atoms with van der Waals surface area (Å²) >= 11 is 0. The molecule has 0 radical (unpaired) electrons. The number of nitrogens with zero attached hydrogens (tertiary/aromatic N) is 6. The number of anilines is 1. The number of nitrogens with one attached hydrogen (secondary N) is 1. The fourth-order valence-electron chi connectivity index (χ4n) is 3.11. The Morgan fingerprint density at radius 2 is 2.08 bits per heavy atom. The molecule has 2 aromatic heterocycles. The Morgan fingerprint density at radius 3 is 2.88 bits per heavy atom. The predicted molar refractivity (Wildman–Crippen MR) is 86.8 cm³/mol. The molecule has 0 atom stereocenters. The van der Waals surface area contributed by atoms with E-state index in [9.17, 15) is 4.79 Å². The van der Waals surface area contributed by atoms with Crippen LogP contribution in [-0.4, -0.2) is 35.9 Å². The highest BCUT2D eigenvalue weighted by atomic mass is 16.1. The van der Waals surface area contributed by atoms with E-state index in [4.69, 9.17) is 0 Å². The summed E-state index contributed by atoms with van der Waals surface area (Å²) in [6.45, 7) is 0. The van der Waals surface area contributed by atoms with Crippen LogP contribution in [0.1, 0.15) is 42.1 Å². The van der Waals surface area contributed by atoms with Crippen molar-refractivity contribution < 1.29 is 4.79 Å². The molecule has 0 unspecified atom stereocenters. The minimum atomic E-state index is -0.176. The summed E-state index contributed by atoms with van der Waals surface area (Å²) in [4.78, 5) is 12.6. The SMILES string of the molecule is O=C(Nc1ccnn1C1CCCC1)c1cccc(-n2cnnn2)c1. The predicted octanol–water partition coefficient (Wildman–Crippen LogP) is 2.23. The minimum Gasteiger partial charge on any atom is -0.307 e. The Kier molecular flexibility index (Phi) is 3.78. The van der Waals surface area contributed by atoms with Crippen LogP contribution >= 0.6 is 0 Å². The van der Waals surface area contributed by atoms with E-state index in [-0.39, 0.29) is 5.91 Å². The Labute approximate surface area is 138 Å². The standard InChI is InChI=1S/C16H17N7O/c24-16(12-4-3-7-14(10-12)22-11-17-20-21-22)19-15-8-9-18-23(15)13-5-1-2-6-13/h3-4,7-11,13H,1-2,5-6H2,(H,19,24). The van der Waals surface area contributed by atoms with Gasteiger partial charge in [0.15, 0.2) is 0 Å². The van der Waals surface area contributed by atoms with Crippen LogP contribution < -0.4 is 5.32 Å². The molecule has 0 saturated heterocycles. The molecule has 1 aromatic carbocycles. The number of tetrazole rings is 1. The molecule has 3 aromatic rings. The quantitative estimate of drug-likeness (QED) is 0.795. The highest BCUT2D eigenvalue weighted by Crippen LogP contribution is 2.31. The Morgan fingerprint density at radius 1 is 1.21 bits per heavy atom. The van der Waals surface area contributed by atoms with Crippen molar-refractivity contribution >= 4 is 11.7 Å². The number of amides is 1. The number of rotatable bonds is 4. The van der Waals surface area contributed by atoms with Crippen molar-refractivity contribution in [3.05, 3.63) is 48.4 Å². The second-order valence-corrected chi connectivity index (χ2v) is 5.86. The van der Waals surface area contributed by atoms with Crippen molar-refractivity contribution in [1.29, 1.82) is 0 Å². The molecule has 8 heteroatoms. The first-order chi connectivity index (χ1) is 11.8. The van der Waals surface area contributed by atoms with E-state index in [2.05, 4.69) is 25.9 Å². The molecular formula is C16H17N7O. The van der Waals surface area contributed by atoms with Crippen LogP contribution in [-0.2, 0) is 0 Å². The molecule has 0 spiro atoms. The van der Waals surface area contributed by atoms with Gasteiger partial charge < -0.3 is 5.32 Å². The van der Waals surface area contributed by atoms with Crippen molar-refractivity contribution in [1.82, 2.24) is 30.0 Å². The zero-order valence-electron chi connectivity index (χ0n) is 13.0. The third kappa shape index (κ3) is 2.78. The molecule has 122 valence electrons. The summed E-state index contributed by atoms with van der Waals surface area (Å²) in [7, 11) is 0. The molecular weight excluding hydrogens is 306 g/mol. The molecule has 0 bridgehead atoms. The first-order valence-corrected chi connectivity index (χ1v) is 7.99. The van der Waals surface area contributed by atoms with Gasteiger partial charge in [0.05, 0.1) is 17.9 Å². The van der Waals surface area contributed by atoms with Gasteiger partial charge in [0.2, 0.25) is 0 Å². The van der Waals surface area contributed by atoms with Gasteiger partial charge in [0.1, 0.15) is 12.1 Å². The van der Waals surface area contributed by atoms with Crippen LogP contribution in [0.15, 0.2) is 42.9 Å². The number of carbonyl (C=O) groups is 1. The lowest BCUT2D eigenvalue weighted by molar-refractivity contribution is 0.102. The van der Waals surface area contributed by atoms with Gasteiger partial charge in [-0.2, -0.15) is 5.10 Å². The Bertz CT molecular complexity index is 834. The molecule has 1 fully saturated rings. The van der Waals surface area contributed by atoms with Gasteiger partial charge in [0, 0.05) is 11.6 Å². The van der Waals surface area contributed by atoms with Crippen LogP contribution in [0.2, 0.25) is 0 Å². The maximum Gasteiger partial charge on any atom is 0.256 e. The van der Waals surface area contributed by atoms with Crippen LogP contribution in [0, 0.1) is 0 Å². The maximum absolute atomic E-state index is 12.6. The Balaban J connectivity index is 1.55. The number of carbonyl (C=O) groups excluding carboxylic acids is 1. The number of hydrogen-bond donors (Lipinski definition) is 1. The lowest BCUT2D eigenvalue weighted by Gasteiger charge is -2.14. The van der Waals surface area contributed by atoms with Crippen molar-refractivity contribution in [2.45, 2.75) is 31.7 Å². The lowest BCUT2D eigenvalue weighted by Crippen LogP contribution is -2.18. The molecule has 1 saturated carbocycles. The molecule has 1 aliphatic carbocycles. The highest BCUT2D eigenvalue weighted by molar-refractivity contribution is 6.04. The van der Waals surface area contributed by atoms with Crippen LogP contribution in [0.4, 0.5) is 5.82 Å². The fourth-order valence-corrected chi connectivity index (χ4v) is 3.11. The van der Waals surface area contributed by atoms with E-state index < -0.39 is 0 Å². The average molecular weight is 323 g/mol. The number of aromatic nitrogens is 6. The molecule has 4 rings (SSSR count). The zero-order chi connectivity index (χ0) is 16.4. The van der Waals surface area contributed by atoms with Crippen LogP contribution in [0.25, 0.3) is 5.69 Å². The van der Waals surface area contributed by atoms with Gasteiger partial charge >= 0.3 is 0 Å². The molecule has 0 aliphatic heterocycles. The van der Waals surface area contributed by atoms with E-state index in [1.54, 1.807) is 24.4 Å². The Hall–Kier alpha value is -3.03. The first-order valence-electron chi connectivity index (χ1n) is 7.99. The third-order valence-electron chi connectivity index (χ3n) is 4.30. The van der Waals surface area contributed by atoms with Crippen molar-refractivity contribution in [3.8, 4) is 5.69 Å². The minimum absolute atomic E-state index is 0.176. The molecule has 2 heterocycles. The normalized spacial score (nSPS) is 14.8. The lowest BCUT2D eigenvalue weighted by atomic mass is 10.2. The van der Waals surface area contributed by atoms with Crippen molar-refractivity contribution in [2.75, 3.05) is 5.32 Å². The van der Waals surface area contributed by atoms with Gasteiger partial charge in [-0.3, -0.25) is 4.79 Å². The second kappa shape index (κ2) is 6.23. The molecule has 1 N–H and O–H groups in total. The largest absolute Gasteiger partial charge is 0.307 e. The van der Waals surface area contributed by atoms with E-state index in [1.165, 1.54) is 23.9 Å². The molecule has 8 nitrogen and oxygen atoms in total. The van der Waals surface area contributed by atoms with E-state index >= 15 is 0 Å². The molecule has 1 aliphatic rings. The van der Waals surface area contributed by atoms with Gasteiger partial charge in [-0.05, 0) is 41.5 Å². The third-order valence-corrected chi connectivity index (χ3v) is 4.30. The summed E-state index contributed by atoms with van der Waals surface area (Å²) in [6, 6.07) is 9.38. The summed E-state index contributed by atoms with van der Waals surface area (Å²) in [5.74, 6) is 0.560. The van der Waals surface area contributed by atoms with E-state index in [0.29, 0.717) is 11.6 Å². The zero-order valence-corrected chi connectivity index (χ0v) is 13.0. The summed E-state index contributed by atoms with van der Waals surface area (Å²) < 4.78 is 3.44. The molecule has 1 amide bonds. The van der Waals surface area contributed by atoms with E-state index in [0.717, 1.165) is 24.3 Å². The van der Waals surface area contributed by atoms with Gasteiger partial charge in [-0.1, -0.05) is 18.9 Å². The van der Waals surface area contributed by atoms with Crippen LogP contribution in [0.5, 0.6) is 0 Å². The smallest absolute Gasteiger partial charge is 0.256 e. The monoisotopic (exact) mass is 323 g/mol. The van der Waals surface area contributed by atoms with Crippen LogP contribution in [0.3, 0.4) is 0 Å².